The molecule has 104 valence electrons. The average molecular weight is 275 g/mol. The van der Waals surface area contributed by atoms with Crippen molar-refractivity contribution >= 4 is 0 Å². The zero-order valence-corrected chi connectivity index (χ0v) is 10.8. The lowest BCUT2D eigenvalue weighted by molar-refractivity contribution is 0.426. The van der Waals surface area contributed by atoms with Gasteiger partial charge in [0.25, 0.3) is 0 Å². The van der Waals surface area contributed by atoms with Gasteiger partial charge in [-0.2, -0.15) is 0 Å². The molecule has 1 heterocycles. The monoisotopic (exact) mass is 275 g/mol. The molecule has 0 amide bonds. The van der Waals surface area contributed by atoms with Gasteiger partial charge in [-0.25, -0.2) is 8.78 Å². The van der Waals surface area contributed by atoms with E-state index in [0.29, 0.717) is 5.56 Å². The summed E-state index contributed by atoms with van der Waals surface area (Å²) in [4.78, 5) is 4.39. The number of hydrogen-bond donors (Lipinski definition) is 2. The van der Waals surface area contributed by atoms with Crippen LogP contribution in [0, 0.1) is 11.6 Å². The number of hydrogen-bond acceptors (Lipinski definition) is 3. The van der Waals surface area contributed by atoms with Gasteiger partial charge >= 0.3 is 0 Å². The van der Waals surface area contributed by atoms with Gasteiger partial charge in [-0.1, -0.05) is 12.1 Å². The van der Waals surface area contributed by atoms with E-state index in [4.69, 9.17) is 5.84 Å². The van der Waals surface area contributed by atoms with Crippen LogP contribution in [0.1, 0.15) is 35.2 Å². The predicted octanol–water partition coefficient (Wildman–Crippen LogP) is 2.59. The molecule has 1 aromatic carbocycles. The molecule has 3 rings (SSSR count). The van der Waals surface area contributed by atoms with Crippen molar-refractivity contribution in [3.8, 4) is 0 Å². The molecular formula is C15H15F2N3. The Morgan fingerprint density at radius 1 is 1.30 bits per heavy atom. The molecule has 1 aliphatic carbocycles. The first-order valence-electron chi connectivity index (χ1n) is 6.55. The topological polar surface area (TPSA) is 50.9 Å². The third-order valence-electron chi connectivity index (χ3n) is 3.88. The number of nitrogens with two attached hydrogens (primary N) is 1. The molecule has 0 aliphatic heterocycles. The smallest absolute Gasteiger partial charge is 0.130 e. The molecule has 2 unspecified atom stereocenters. The first kappa shape index (κ1) is 13.1. The number of benzene rings is 1. The molecule has 0 saturated heterocycles. The Hall–Kier alpha value is -1.85. The fourth-order valence-electron chi connectivity index (χ4n) is 2.94. The van der Waals surface area contributed by atoms with Gasteiger partial charge < -0.3 is 0 Å². The van der Waals surface area contributed by atoms with Crippen LogP contribution in [-0.4, -0.2) is 4.98 Å². The first-order chi connectivity index (χ1) is 9.70. The van der Waals surface area contributed by atoms with Crippen molar-refractivity contribution in [1.82, 2.24) is 10.4 Å². The van der Waals surface area contributed by atoms with Gasteiger partial charge in [0.15, 0.2) is 0 Å². The van der Waals surface area contributed by atoms with E-state index in [-0.39, 0.29) is 5.92 Å². The Morgan fingerprint density at radius 2 is 2.15 bits per heavy atom. The molecule has 5 heteroatoms. The SMILES string of the molecule is NNC(c1ccc(F)cc1F)C1CCc2cccnc21. The number of halogens is 2. The van der Waals surface area contributed by atoms with Crippen LogP contribution < -0.4 is 11.3 Å². The highest BCUT2D eigenvalue weighted by Gasteiger charge is 2.32. The third kappa shape index (κ3) is 2.19. The number of fused-ring (bicyclic) bond motifs is 1. The average Bonchev–Trinajstić information content (AvgIpc) is 2.86. The predicted molar refractivity (Wildman–Crippen MR) is 71.7 cm³/mol. The van der Waals surface area contributed by atoms with Gasteiger partial charge in [-0.15, -0.1) is 0 Å². The summed E-state index contributed by atoms with van der Waals surface area (Å²) in [6, 6.07) is 7.08. The van der Waals surface area contributed by atoms with Crippen molar-refractivity contribution in [3.05, 3.63) is 65.0 Å². The number of aromatic nitrogens is 1. The Balaban J connectivity index is 1.99. The van der Waals surface area contributed by atoms with E-state index in [1.54, 1.807) is 6.20 Å². The molecule has 0 radical (unpaired) electrons. The van der Waals surface area contributed by atoms with E-state index in [1.165, 1.54) is 17.7 Å². The van der Waals surface area contributed by atoms with Crippen LogP contribution in [0.3, 0.4) is 0 Å². The van der Waals surface area contributed by atoms with Crippen LogP contribution in [-0.2, 0) is 6.42 Å². The lowest BCUT2D eigenvalue weighted by Gasteiger charge is -2.23. The highest BCUT2D eigenvalue weighted by molar-refractivity contribution is 5.34. The fraction of sp³-hybridized carbons (Fsp3) is 0.267. The number of hydrazine groups is 1. The third-order valence-corrected chi connectivity index (χ3v) is 3.88. The van der Waals surface area contributed by atoms with E-state index in [2.05, 4.69) is 10.4 Å². The molecule has 0 saturated carbocycles. The van der Waals surface area contributed by atoms with Crippen molar-refractivity contribution in [1.29, 1.82) is 0 Å². The Bertz CT molecular complexity index is 630. The zero-order valence-electron chi connectivity index (χ0n) is 10.8. The summed E-state index contributed by atoms with van der Waals surface area (Å²) >= 11 is 0. The normalized spacial score (nSPS) is 18.9. The van der Waals surface area contributed by atoms with E-state index < -0.39 is 17.7 Å². The van der Waals surface area contributed by atoms with Gasteiger partial charge in [-0.05, 0) is 30.5 Å². The summed E-state index contributed by atoms with van der Waals surface area (Å²) in [6.07, 6.45) is 3.47. The number of aryl methyl sites for hydroxylation is 1. The van der Waals surface area contributed by atoms with Gasteiger partial charge in [0, 0.05) is 29.4 Å². The summed E-state index contributed by atoms with van der Waals surface area (Å²) in [5.41, 5.74) is 5.14. The molecule has 0 fully saturated rings. The minimum absolute atomic E-state index is 0.00355. The van der Waals surface area contributed by atoms with Crippen LogP contribution in [0.25, 0.3) is 0 Å². The number of nitrogens with one attached hydrogen (secondary N) is 1. The summed E-state index contributed by atoms with van der Waals surface area (Å²) in [5.74, 6) is 4.43. The van der Waals surface area contributed by atoms with Crippen molar-refractivity contribution in [2.75, 3.05) is 0 Å². The highest BCUT2D eigenvalue weighted by atomic mass is 19.1. The number of rotatable bonds is 3. The second-order valence-corrected chi connectivity index (χ2v) is 5.00. The largest absolute Gasteiger partial charge is 0.271 e. The lowest BCUT2D eigenvalue weighted by atomic mass is 9.91. The first-order valence-corrected chi connectivity index (χ1v) is 6.55. The zero-order chi connectivity index (χ0) is 14.1. The van der Waals surface area contributed by atoms with Crippen molar-refractivity contribution in [3.63, 3.8) is 0 Å². The van der Waals surface area contributed by atoms with Gasteiger partial charge in [-0.3, -0.25) is 16.3 Å². The van der Waals surface area contributed by atoms with Gasteiger partial charge in [0.1, 0.15) is 11.6 Å². The Kier molecular flexibility index (Phi) is 3.46. The second kappa shape index (κ2) is 5.26. The molecule has 0 spiro atoms. The molecule has 3 N–H and O–H groups in total. The standard InChI is InChI=1S/C15H15F2N3/c16-10-4-6-11(13(17)8-10)15(20-18)12-5-3-9-2-1-7-19-14(9)12/h1-2,4,6-8,12,15,20H,3,5,18H2. The van der Waals surface area contributed by atoms with E-state index in [9.17, 15) is 8.78 Å². The van der Waals surface area contributed by atoms with E-state index in [0.717, 1.165) is 24.6 Å². The summed E-state index contributed by atoms with van der Waals surface area (Å²) in [5, 5.41) is 0. The van der Waals surface area contributed by atoms with Crippen molar-refractivity contribution < 1.29 is 8.78 Å². The van der Waals surface area contributed by atoms with Crippen molar-refractivity contribution in [2.45, 2.75) is 24.8 Å². The maximum absolute atomic E-state index is 14.0. The van der Waals surface area contributed by atoms with Gasteiger partial charge in [0.2, 0.25) is 0 Å². The van der Waals surface area contributed by atoms with Crippen LogP contribution in [0.2, 0.25) is 0 Å². The van der Waals surface area contributed by atoms with Crippen LogP contribution in [0.4, 0.5) is 8.78 Å². The highest BCUT2D eigenvalue weighted by Crippen LogP contribution is 2.40. The molecule has 2 atom stereocenters. The quantitative estimate of drug-likeness (QED) is 0.668. The van der Waals surface area contributed by atoms with Crippen LogP contribution in [0.15, 0.2) is 36.5 Å². The minimum atomic E-state index is -0.591. The maximum Gasteiger partial charge on any atom is 0.130 e. The fourth-order valence-corrected chi connectivity index (χ4v) is 2.94. The lowest BCUT2D eigenvalue weighted by Crippen LogP contribution is -2.33. The molecular weight excluding hydrogens is 260 g/mol. The molecule has 2 aromatic rings. The molecule has 1 aromatic heterocycles. The summed E-state index contributed by atoms with van der Waals surface area (Å²) in [6.45, 7) is 0. The van der Waals surface area contributed by atoms with Crippen LogP contribution in [0.5, 0.6) is 0 Å². The second-order valence-electron chi connectivity index (χ2n) is 5.00. The Labute approximate surface area is 115 Å². The Morgan fingerprint density at radius 3 is 2.90 bits per heavy atom. The number of pyridine rings is 1. The van der Waals surface area contributed by atoms with Crippen LogP contribution >= 0.6 is 0 Å². The summed E-state index contributed by atoms with van der Waals surface area (Å²) in [7, 11) is 0. The number of nitrogens with zero attached hydrogens (tertiary/aromatic N) is 1. The maximum atomic E-state index is 14.0. The molecule has 0 bridgehead atoms. The summed E-state index contributed by atoms with van der Waals surface area (Å²) < 4.78 is 27.0. The van der Waals surface area contributed by atoms with Gasteiger partial charge in [0.05, 0.1) is 6.04 Å². The molecule has 3 nitrogen and oxygen atoms in total. The minimum Gasteiger partial charge on any atom is -0.271 e. The molecule has 20 heavy (non-hydrogen) atoms. The van der Waals surface area contributed by atoms with E-state index in [1.807, 2.05) is 12.1 Å². The van der Waals surface area contributed by atoms with Crippen molar-refractivity contribution in [2.24, 2.45) is 5.84 Å². The van der Waals surface area contributed by atoms with E-state index >= 15 is 0 Å². The molecule has 1 aliphatic rings.